The van der Waals surface area contributed by atoms with Crippen molar-refractivity contribution >= 4 is 21.9 Å². The number of fused-ring (bicyclic) bond motifs is 2. The van der Waals surface area contributed by atoms with E-state index >= 15 is 0 Å². The molecule has 0 aliphatic carbocycles. The number of benzene rings is 2. The van der Waals surface area contributed by atoms with E-state index in [1.807, 2.05) is 47.2 Å². The number of imidazole rings is 1. The first-order chi connectivity index (χ1) is 10.8. The van der Waals surface area contributed by atoms with Crippen LogP contribution in [0.3, 0.4) is 0 Å². The highest BCUT2D eigenvalue weighted by molar-refractivity contribution is 5.79. The predicted octanol–water partition coefficient (Wildman–Crippen LogP) is 3.05. The molecule has 0 bridgehead atoms. The van der Waals surface area contributed by atoms with Crippen LogP contribution < -0.4 is 0 Å². The van der Waals surface area contributed by atoms with Crippen molar-refractivity contribution in [3.8, 4) is 0 Å². The SMILES string of the molecule is O[C@@H](Cn1ccc2ccccc21)Cn1cnc2ccccc21. The molecule has 4 heteroatoms. The summed E-state index contributed by atoms with van der Waals surface area (Å²) in [6.45, 7) is 1.10. The van der Waals surface area contributed by atoms with E-state index in [9.17, 15) is 5.11 Å². The van der Waals surface area contributed by atoms with Gasteiger partial charge in [-0.25, -0.2) is 4.98 Å². The Labute approximate surface area is 128 Å². The summed E-state index contributed by atoms with van der Waals surface area (Å²) in [5.41, 5.74) is 3.16. The first-order valence-electron chi connectivity index (χ1n) is 7.43. The third-order valence-corrected chi connectivity index (χ3v) is 4.02. The van der Waals surface area contributed by atoms with Crippen molar-refractivity contribution < 1.29 is 5.11 Å². The smallest absolute Gasteiger partial charge is 0.0959 e. The second kappa shape index (κ2) is 5.31. The summed E-state index contributed by atoms with van der Waals surface area (Å²) in [5, 5.41) is 11.6. The van der Waals surface area contributed by atoms with Crippen LogP contribution in [0.25, 0.3) is 21.9 Å². The highest BCUT2D eigenvalue weighted by atomic mass is 16.3. The molecule has 4 aromatic rings. The molecule has 0 unspecified atom stereocenters. The number of hydrogen-bond donors (Lipinski definition) is 1. The van der Waals surface area contributed by atoms with Crippen LogP contribution in [0.5, 0.6) is 0 Å². The number of para-hydroxylation sites is 3. The molecule has 1 N–H and O–H groups in total. The van der Waals surface area contributed by atoms with E-state index in [0.29, 0.717) is 13.1 Å². The Morgan fingerprint density at radius 1 is 0.864 bits per heavy atom. The van der Waals surface area contributed by atoms with Crippen molar-refractivity contribution in [3.63, 3.8) is 0 Å². The molecule has 0 spiro atoms. The molecule has 2 aromatic heterocycles. The van der Waals surface area contributed by atoms with Crippen LogP contribution in [0, 0.1) is 0 Å². The molecule has 0 aliphatic rings. The molecule has 0 amide bonds. The lowest BCUT2D eigenvalue weighted by molar-refractivity contribution is 0.137. The lowest BCUT2D eigenvalue weighted by Crippen LogP contribution is -2.21. The van der Waals surface area contributed by atoms with Gasteiger partial charge < -0.3 is 14.2 Å². The fourth-order valence-corrected chi connectivity index (χ4v) is 2.97. The second-order valence-corrected chi connectivity index (χ2v) is 5.57. The molecule has 2 aromatic carbocycles. The zero-order valence-electron chi connectivity index (χ0n) is 12.1. The van der Waals surface area contributed by atoms with Gasteiger partial charge in [-0.05, 0) is 29.7 Å². The zero-order chi connectivity index (χ0) is 14.9. The number of nitrogens with zero attached hydrogens (tertiary/aromatic N) is 3. The van der Waals surface area contributed by atoms with Gasteiger partial charge in [-0.3, -0.25) is 0 Å². The van der Waals surface area contributed by atoms with E-state index in [-0.39, 0.29) is 0 Å². The van der Waals surface area contributed by atoms with Gasteiger partial charge in [0.2, 0.25) is 0 Å². The van der Waals surface area contributed by atoms with Gasteiger partial charge >= 0.3 is 0 Å². The minimum Gasteiger partial charge on any atom is -0.389 e. The summed E-state index contributed by atoms with van der Waals surface area (Å²) in [5.74, 6) is 0. The van der Waals surface area contributed by atoms with Crippen molar-refractivity contribution in [2.75, 3.05) is 0 Å². The Hall–Kier alpha value is -2.59. The van der Waals surface area contributed by atoms with Crippen molar-refractivity contribution in [2.24, 2.45) is 0 Å². The zero-order valence-corrected chi connectivity index (χ0v) is 12.1. The largest absolute Gasteiger partial charge is 0.389 e. The van der Waals surface area contributed by atoms with Crippen LogP contribution in [0.15, 0.2) is 67.1 Å². The van der Waals surface area contributed by atoms with Gasteiger partial charge in [0.05, 0.1) is 36.6 Å². The molecular formula is C18H17N3O. The van der Waals surface area contributed by atoms with Crippen molar-refractivity contribution in [3.05, 3.63) is 67.1 Å². The third kappa shape index (κ3) is 2.27. The Bertz CT molecular complexity index is 846. The number of aromatic nitrogens is 3. The molecule has 4 nitrogen and oxygen atoms in total. The van der Waals surface area contributed by atoms with Gasteiger partial charge in [-0.15, -0.1) is 0 Å². The van der Waals surface area contributed by atoms with Crippen molar-refractivity contribution in [1.82, 2.24) is 14.1 Å². The predicted molar refractivity (Wildman–Crippen MR) is 87.7 cm³/mol. The average Bonchev–Trinajstić information content (AvgIpc) is 3.13. The van der Waals surface area contributed by atoms with Gasteiger partial charge in [0.25, 0.3) is 0 Å². The first kappa shape index (κ1) is 13.1. The van der Waals surface area contributed by atoms with E-state index in [1.165, 1.54) is 5.39 Å². The van der Waals surface area contributed by atoms with E-state index < -0.39 is 6.10 Å². The summed E-state index contributed by atoms with van der Waals surface area (Å²) in [6, 6.07) is 18.3. The van der Waals surface area contributed by atoms with Gasteiger partial charge in [-0.2, -0.15) is 0 Å². The summed E-state index contributed by atoms with van der Waals surface area (Å²) >= 11 is 0. The molecule has 0 aliphatic heterocycles. The van der Waals surface area contributed by atoms with Crippen LogP contribution in [0.1, 0.15) is 0 Å². The Kier molecular flexibility index (Phi) is 3.16. The summed E-state index contributed by atoms with van der Waals surface area (Å²) in [4.78, 5) is 4.36. The average molecular weight is 291 g/mol. The molecular weight excluding hydrogens is 274 g/mol. The molecule has 22 heavy (non-hydrogen) atoms. The highest BCUT2D eigenvalue weighted by Crippen LogP contribution is 2.17. The van der Waals surface area contributed by atoms with Crippen LogP contribution in [0.2, 0.25) is 0 Å². The number of aliphatic hydroxyl groups excluding tert-OH is 1. The van der Waals surface area contributed by atoms with Crippen LogP contribution in [-0.2, 0) is 13.1 Å². The van der Waals surface area contributed by atoms with E-state index in [0.717, 1.165) is 16.6 Å². The van der Waals surface area contributed by atoms with Gasteiger partial charge in [0.15, 0.2) is 0 Å². The quantitative estimate of drug-likeness (QED) is 0.628. The normalized spacial score (nSPS) is 13.0. The summed E-state index contributed by atoms with van der Waals surface area (Å²) in [7, 11) is 0. The maximum Gasteiger partial charge on any atom is 0.0959 e. The molecule has 2 heterocycles. The minimum atomic E-state index is -0.464. The Balaban J connectivity index is 1.56. The Morgan fingerprint density at radius 2 is 1.59 bits per heavy atom. The highest BCUT2D eigenvalue weighted by Gasteiger charge is 2.10. The molecule has 0 saturated heterocycles. The number of aliphatic hydroxyl groups is 1. The molecule has 110 valence electrons. The number of rotatable bonds is 4. The van der Waals surface area contributed by atoms with Gasteiger partial charge in [-0.1, -0.05) is 30.3 Å². The van der Waals surface area contributed by atoms with Gasteiger partial charge in [0.1, 0.15) is 0 Å². The van der Waals surface area contributed by atoms with E-state index in [1.54, 1.807) is 6.33 Å². The fraction of sp³-hybridized carbons (Fsp3) is 0.167. The summed E-state index contributed by atoms with van der Waals surface area (Å²) in [6.07, 6.45) is 3.36. The fourth-order valence-electron chi connectivity index (χ4n) is 2.97. The van der Waals surface area contributed by atoms with E-state index in [4.69, 9.17) is 0 Å². The maximum absolute atomic E-state index is 10.4. The first-order valence-corrected chi connectivity index (χ1v) is 7.43. The van der Waals surface area contributed by atoms with Crippen LogP contribution >= 0.6 is 0 Å². The summed E-state index contributed by atoms with van der Waals surface area (Å²) < 4.78 is 4.10. The molecule has 1 atom stereocenters. The molecule has 0 fully saturated rings. The lowest BCUT2D eigenvalue weighted by Gasteiger charge is -2.14. The minimum absolute atomic E-state index is 0.464. The van der Waals surface area contributed by atoms with Crippen LogP contribution in [0.4, 0.5) is 0 Å². The lowest BCUT2D eigenvalue weighted by atomic mass is 10.2. The van der Waals surface area contributed by atoms with Crippen molar-refractivity contribution in [1.29, 1.82) is 0 Å². The van der Waals surface area contributed by atoms with Crippen molar-refractivity contribution in [2.45, 2.75) is 19.2 Å². The molecule has 0 saturated carbocycles. The monoisotopic (exact) mass is 291 g/mol. The molecule has 4 rings (SSSR count). The standard InChI is InChI=1S/C18H17N3O/c22-15(11-20-10-9-14-5-1-3-7-17(14)20)12-21-13-19-16-6-2-4-8-18(16)21/h1-10,13,15,22H,11-12H2/t15-/m0/s1. The topological polar surface area (TPSA) is 43.0 Å². The Morgan fingerprint density at radius 3 is 2.50 bits per heavy atom. The van der Waals surface area contributed by atoms with Crippen LogP contribution in [-0.4, -0.2) is 25.3 Å². The number of hydrogen-bond acceptors (Lipinski definition) is 2. The maximum atomic E-state index is 10.4. The van der Waals surface area contributed by atoms with E-state index in [2.05, 4.69) is 27.8 Å². The third-order valence-electron chi connectivity index (χ3n) is 4.02. The van der Waals surface area contributed by atoms with Gasteiger partial charge in [0, 0.05) is 11.7 Å². The molecule has 0 radical (unpaired) electrons. The second-order valence-electron chi connectivity index (χ2n) is 5.57.